The molecule has 2 atom stereocenters. The third-order valence-electron chi connectivity index (χ3n) is 5.64. The molecule has 0 radical (unpaired) electrons. The van der Waals surface area contributed by atoms with Crippen LogP contribution in [0.4, 0.5) is 0 Å². The topological polar surface area (TPSA) is 60.0 Å². The maximum atomic E-state index is 12.4. The van der Waals surface area contributed by atoms with Crippen LogP contribution in [0.3, 0.4) is 0 Å². The van der Waals surface area contributed by atoms with Crippen molar-refractivity contribution >= 4 is 11.9 Å². The van der Waals surface area contributed by atoms with Gasteiger partial charge < -0.3 is 20.4 Å². The number of guanidine groups is 1. The minimum absolute atomic E-state index is 0.268. The van der Waals surface area contributed by atoms with Crippen molar-refractivity contribution in [2.24, 2.45) is 16.8 Å². The average Bonchev–Trinajstić information content (AvgIpc) is 3.07. The fourth-order valence-corrected chi connectivity index (χ4v) is 3.89. The zero-order valence-corrected chi connectivity index (χ0v) is 19.5. The molecule has 1 heterocycles. The molecule has 30 heavy (non-hydrogen) atoms. The molecule has 1 aliphatic heterocycles. The summed E-state index contributed by atoms with van der Waals surface area (Å²) in [6, 6.07) is 10.8. The number of hydrogen-bond donors (Lipinski definition) is 2. The van der Waals surface area contributed by atoms with Crippen molar-refractivity contribution in [1.82, 2.24) is 20.4 Å². The van der Waals surface area contributed by atoms with Crippen molar-refractivity contribution in [3.8, 4) is 0 Å². The van der Waals surface area contributed by atoms with Crippen molar-refractivity contribution in [3.05, 3.63) is 35.9 Å². The molecule has 1 aliphatic rings. The first-order valence-electron chi connectivity index (χ1n) is 11.4. The van der Waals surface area contributed by atoms with E-state index in [4.69, 9.17) is 4.99 Å². The second-order valence-electron chi connectivity index (χ2n) is 8.99. The monoisotopic (exact) mass is 415 g/mol. The molecule has 0 aliphatic carbocycles. The molecule has 6 heteroatoms. The van der Waals surface area contributed by atoms with Gasteiger partial charge in [0.05, 0.1) is 6.54 Å². The van der Waals surface area contributed by atoms with Gasteiger partial charge in [-0.3, -0.25) is 9.79 Å². The van der Waals surface area contributed by atoms with Gasteiger partial charge in [-0.1, -0.05) is 44.2 Å². The molecule has 0 spiro atoms. The molecule has 0 aromatic heterocycles. The quantitative estimate of drug-likeness (QED) is 0.431. The van der Waals surface area contributed by atoms with Crippen LogP contribution in [0.5, 0.6) is 0 Å². The number of aliphatic imine (C=N–C) groups is 1. The Hall–Kier alpha value is -2.08. The van der Waals surface area contributed by atoms with E-state index in [0.29, 0.717) is 24.3 Å². The zero-order chi connectivity index (χ0) is 21.9. The van der Waals surface area contributed by atoms with E-state index < -0.39 is 0 Å². The van der Waals surface area contributed by atoms with E-state index in [1.54, 1.807) is 0 Å². The van der Waals surface area contributed by atoms with Crippen molar-refractivity contribution in [1.29, 1.82) is 0 Å². The molecule has 0 bridgehead atoms. The summed E-state index contributed by atoms with van der Waals surface area (Å²) in [7, 11) is 4.24. The number of carbonyl (C=O) groups is 1. The van der Waals surface area contributed by atoms with Gasteiger partial charge in [-0.15, -0.1) is 0 Å². The predicted octanol–water partition coefficient (Wildman–Crippen LogP) is 2.61. The number of benzene rings is 1. The highest BCUT2D eigenvalue weighted by Crippen LogP contribution is 2.17. The van der Waals surface area contributed by atoms with Crippen LogP contribution >= 0.6 is 0 Å². The van der Waals surface area contributed by atoms with Crippen molar-refractivity contribution < 1.29 is 4.79 Å². The fourth-order valence-electron chi connectivity index (χ4n) is 3.89. The molecule has 0 saturated carbocycles. The Kier molecular flexibility index (Phi) is 10.1. The highest BCUT2D eigenvalue weighted by atomic mass is 16.2. The highest BCUT2D eigenvalue weighted by Gasteiger charge is 2.29. The molecule has 2 unspecified atom stereocenters. The Morgan fingerprint density at radius 3 is 2.60 bits per heavy atom. The molecule has 6 nitrogen and oxygen atoms in total. The number of nitrogens with one attached hydrogen (secondary N) is 2. The molecule has 168 valence electrons. The summed E-state index contributed by atoms with van der Waals surface area (Å²) in [5, 5.41) is 6.81. The Labute approximate surface area is 183 Å². The van der Waals surface area contributed by atoms with E-state index in [-0.39, 0.29) is 5.91 Å². The smallest absolute Gasteiger partial charge is 0.223 e. The van der Waals surface area contributed by atoms with Gasteiger partial charge in [0, 0.05) is 44.6 Å². The first kappa shape index (κ1) is 24.2. The molecule has 1 amide bonds. The molecule has 1 saturated heterocycles. The summed E-state index contributed by atoms with van der Waals surface area (Å²) >= 11 is 0. The predicted molar refractivity (Wildman–Crippen MR) is 126 cm³/mol. The van der Waals surface area contributed by atoms with Gasteiger partial charge in [-0.05, 0) is 45.3 Å². The van der Waals surface area contributed by atoms with Crippen LogP contribution in [0.25, 0.3) is 0 Å². The van der Waals surface area contributed by atoms with E-state index in [1.165, 1.54) is 5.56 Å². The van der Waals surface area contributed by atoms with E-state index in [2.05, 4.69) is 74.7 Å². The maximum Gasteiger partial charge on any atom is 0.223 e. The zero-order valence-electron chi connectivity index (χ0n) is 19.5. The lowest BCUT2D eigenvalue weighted by atomic mass is 10.0. The molecule has 2 rings (SSSR count). The third kappa shape index (κ3) is 8.34. The third-order valence-corrected chi connectivity index (χ3v) is 5.64. The van der Waals surface area contributed by atoms with E-state index in [9.17, 15) is 4.79 Å². The molecule has 1 fully saturated rings. The first-order valence-corrected chi connectivity index (χ1v) is 11.4. The van der Waals surface area contributed by atoms with Gasteiger partial charge in [0.2, 0.25) is 5.91 Å². The fraction of sp³-hybridized carbons (Fsp3) is 0.667. The van der Waals surface area contributed by atoms with Gasteiger partial charge >= 0.3 is 0 Å². The lowest BCUT2D eigenvalue weighted by Crippen LogP contribution is -2.41. The number of hydrogen-bond acceptors (Lipinski definition) is 3. The average molecular weight is 416 g/mol. The molecule has 2 N–H and O–H groups in total. The van der Waals surface area contributed by atoms with Crippen LogP contribution in [0.2, 0.25) is 0 Å². The van der Waals surface area contributed by atoms with Crippen LogP contribution in [0.15, 0.2) is 35.3 Å². The summed E-state index contributed by atoms with van der Waals surface area (Å²) < 4.78 is 0. The van der Waals surface area contributed by atoms with Gasteiger partial charge in [0.15, 0.2) is 5.96 Å². The number of likely N-dealkylation sites (tertiary alicyclic amines) is 1. The largest absolute Gasteiger partial charge is 0.357 e. The number of carbonyl (C=O) groups excluding carboxylic acids is 1. The number of likely N-dealkylation sites (N-methyl/N-ethyl adjacent to an activating group) is 1. The number of rotatable bonds is 11. The Bertz CT molecular complexity index is 659. The standard InChI is InChI=1S/C24H41N5O/c1-6-25-24(27-17-22(28(4)5)14-19(2)3)26-16-21-15-23(30)29(18-21)13-12-20-10-8-7-9-11-20/h7-11,19,21-22H,6,12-18H2,1-5H3,(H2,25,26,27). The maximum absolute atomic E-state index is 12.4. The molecule has 1 aromatic rings. The lowest BCUT2D eigenvalue weighted by Gasteiger charge is -2.25. The second-order valence-corrected chi connectivity index (χ2v) is 8.99. The van der Waals surface area contributed by atoms with Crippen LogP contribution in [0, 0.1) is 11.8 Å². The van der Waals surface area contributed by atoms with E-state index in [1.807, 2.05) is 11.0 Å². The summed E-state index contributed by atoms with van der Waals surface area (Å²) in [4.78, 5) is 21.5. The van der Waals surface area contributed by atoms with Gasteiger partial charge in [0.25, 0.3) is 0 Å². The van der Waals surface area contributed by atoms with Gasteiger partial charge in [-0.2, -0.15) is 0 Å². The number of amides is 1. The summed E-state index contributed by atoms with van der Waals surface area (Å²) in [6.07, 6.45) is 2.66. The summed E-state index contributed by atoms with van der Waals surface area (Å²) in [5.41, 5.74) is 1.28. The Balaban J connectivity index is 1.83. The van der Waals surface area contributed by atoms with Crippen molar-refractivity contribution in [2.45, 2.75) is 46.1 Å². The van der Waals surface area contributed by atoms with Crippen molar-refractivity contribution in [2.75, 3.05) is 46.8 Å². The van der Waals surface area contributed by atoms with E-state index in [0.717, 1.165) is 51.5 Å². The van der Waals surface area contributed by atoms with Crippen LogP contribution in [-0.4, -0.2) is 74.5 Å². The number of nitrogens with zero attached hydrogens (tertiary/aromatic N) is 3. The van der Waals surface area contributed by atoms with Crippen LogP contribution < -0.4 is 10.6 Å². The normalized spacial score (nSPS) is 18.4. The van der Waals surface area contributed by atoms with Crippen molar-refractivity contribution in [3.63, 3.8) is 0 Å². The van der Waals surface area contributed by atoms with Gasteiger partial charge in [-0.25, -0.2) is 0 Å². The second kappa shape index (κ2) is 12.6. The minimum atomic E-state index is 0.268. The molecular weight excluding hydrogens is 374 g/mol. The van der Waals surface area contributed by atoms with Crippen LogP contribution in [0.1, 0.15) is 39.2 Å². The Morgan fingerprint density at radius 1 is 1.23 bits per heavy atom. The van der Waals surface area contributed by atoms with E-state index >= 15 is 0 Å². The van der Waals surface area contributed by atoms with Gasteiger partial charge in [0.1, 0.15) is 0 Å². The lowest BCUT2D eigenvalue weighted by molar-refractivity contribution is -0.127. The molecule has 1 aromatic carbocycles. The Morgan fingerprint density at radius 2 is 1.97 bits per heavy atom. The summed E-state index contributed by atoms with van der Waals surface area (Å²) in [5.74, 6) is 2.10. The SMILES string of the molecule is CCNC(=NCC(CC(C)C)N(C)C)NCC1CC(=O)N(CCc2ccccc2)C1. The van der Waals surface area contributed by atoms with Crippen LogP contribution in [-0.2, 0) is 11.2 Å². The summed E-state index contributed by atoms with van der Waals surface area (Å²) in [6.45, 7) is 10.6. The molecular formula is C24H41N5O. The minimum Gasteiger partial charge on any atom is -0.357 e. The first-order chi connectivity index (χ1) is 14.4. The highest BCUT2D eigenvalue weighted by molar-refractivity contribution is 5.81.